The third kappa shape index (κ3) is 2.65. The number of hydrogen-bond donors (Lipinski definition) is 1. The van der Waals surface area contributed by atoms with Crippen molar-refractivity contribution in [2.75, 3.05) is 32.8 Å². The summed E-state index contributed by atoms with van der Waals surface area (Å²) in [7, 11) is 0. The highest BCUT2D eigenvalue weighted by Gasteiger charge is 2.25. The van der Waals surface area contributed by atoms with E-state index in [1.807, 2.05) is 0 Å². The molecule has 2 atom stereocenters. The molecule has 4 heteroatoms. The van der Waals surface area contributed by atoms with Gasteiger partial charge >= 0.3 is 0 Å². The summed E-state index contributed by atoms with van der Waals surface area (Å²) < 4.78 is 7.87. The van der Waals surface area contributed by atoms with Crippen molar-refractivity contribution in [1.29, 1.82) is 0 Å². The van der Waals surface area contributed by atoms with Crippen LogP contribution in [0.1, 0.15) is 48.9 Å². The lowest BCUT2D eigenvalue weighted by atomic mass is 9.95. The smallest absolute Gasteiger partial charge is 0.0807 e. The molecule has 4 nitrogen and oxygen atoms in total. The number of nitrogens with zero attached hydrogens (tertiary/aromatic N) is 2. The predicted octanol–water partition coefficient (Wildman–Crippen LogP) is 2.06. The lowest BCUT2D eigenvalue weighted by Crippen LogP contribution is -2.39. The van der Waals surface area contributed by atoms with Crippen LogP contribution < -0.4 is 0 Å². The Balaban J connectivity index is 1.78. The molecule has 2 heterocycles. The number of aliphatic hydroxyl groups is 1. The minimum absolute atomic E-state index is 0.255. The summed E-state index contributed by atoms with van der Waals surface area (Å²) in [4.78, 5) is 2.49. The van der Waals surface area contributed by atoms with Crippen LogP contribution in [0.5, 0.6) is 0 Å². The van der Waals surface area contributed by atoms with E-state index in [4.69, 9.17) is 4.74 Å². The van der Waals surface area contributed by atoms with Crippen LogP contribution in [0.25, 0.3) is 0 Å². The first kappa shape index (κ1) is 14.1. The highest BCUT2D eigenvalue weighted by atomic mass is 16.5. The second-order valence-electron chi connectivity index (χ2n) is 6.23. The van der Waals surface area contributed by atoms with Crippen molar-refractivity contribution >= 4 is 0 Å². The van der Waals surface area contributed by atoms with E-state index >= 15 is 0 Å². The Bertz CT molecular complexity index is 463. The lowest BCUT2D eigenvalue weighted by Gasteiger charge is -2.31. The third-order valence-corrected chi connectivity index (χ3v) is 4.69. The third-order valence-electron chi connectivity index (χ3n) is 4.69. The maximum absolute atomic E-state index is 10.2. The summed E-state index contributed by atoms with van der Waals surface area (Å²) in [5.74, 6) is 0. The molecule has 1 aliphatic carbocycles. The number of aliphatic hydroxyl groups excluding tert-OH is 1. The number of fused-ring (bicyclic) bond motifs is 1. The van der Waals surface area contributed by atoms with Gasteiger partial charge in [0.25, 0.3) is 0 Å². The van der Waals surface area contributed by atoms with Crippen LogP contribution >= 0.6 is 0 Å². The largest absolute Gasteiger partial charge is 0.388 e. The Morgan fingerprint density at radius 2 is 2.15 bits per heavy atom. The van der Waals surface area contributed by atoms with Gasteiger partial charge in [0.15, 0.2) is 0 Å². The zero-order chi connectivity index (χ0) is 14.1. The van der Waals surface area contributed by atoms with E-state index in [2.05, 4.69) is 29.4 Å². The maximum Gasteiger partial charge on any atom is 0.0807 e. The minimum Gasteiger partial charge on any atom is -0.388 e. The molecule has 0 spiro atoms. The number of ether oxygens (including phenoxy) is 1. The SMILES string of the molecule is Cc1cc2c(n1C(C)CN1CCOCC1)CCCC2O. The Morgan fingerprint density at radius 1 is 1.40 bits per heavy atom. The molecule has 112 valence electrons. The second kappa shape index (κ2) is 5.88. The fraction of sp³-hybridized carbons (Fsp3) is 0.750. The van der Waals surface area contributed by atoms with Crippen molar-refractivity contribution < 1.29 is 9.84 Å². The predicted molar refractivity (Wildman–Crippen MR) is 79.0 cm³/mol. The van der Waals surface area contributed by atoms with E-state index in [1.54, 1.807) is 0 Å². The molecule has 1 aromatic rings. The van der Waals surface area contributed by atoms with Gasteiger partial charge < -0.3 is 14.4 Å². The normalized spacial score (nSPS) is 25.4. The molecule has 20 heavy (non-hydrogen) atoms. The molecule has 0 amide bonds. The molecule has 0 aromatic carbocycles. The van der Waals surface area contributed by atoms with Gasteiger partial charge in [0.1, 0.15) is 0 Å². The monoisotopic (exact) mass is 278 g/mol. The van der Waals surface area contributed by atoms with Crippen LogP contribution in [0, 0.1) is 6.92 Å². The fourth-order valence-electron chi connectivity index (χ4n) is 3.75. The summed E-state index contributed by atoms with van der Waals surface area (Å²) in [6.07, 6.45) is 2.86. The van der Waals surface area contributed by atoms with E-state index in [0.717, 1.165) is 52.1 Å². The fourth-order valence-corrected chi connectivity index (χ4v) is 3.75. The molecular weight excluding hydrogens is 252 g/mol. The van der Waals surface area contributed by atoms with Crippen LogP contribution in [-0.4, -0.2) is 47.4 Å². The first-order valence-corrected chi connectivity index (χ1v) is 7.85. The maximum atomic E-state index is 10.2. The van der Waals surface area contributed by atoms with Gasteiger partial charge in [-0.1, -0.05) is 0 Å². The highest BCUT2D eigenvalue weighted by Crippen LogP contribution is 2.34. The van der Waals surface area contributed by atoms with Gasteiger partial charge in [-0.05, 0) is 39.2 Å². The Labute approximate surface area is 121 Å². The minimum atomic E-state index is -0.255. The molecule has 0 radical (unpaired) electrons. The first-order valence-electron chi connectivity index (χ1n) is 7.85. The van der Waals surface area contributed by atoms with Crippen LogP contribution in [0.15, 0.2) is 6.07 Å². The Kier molecular flexibility index (Phi) is 4.15. The molecule has 1 fully saturated rings. The highest BCUT2D eigenvalue weighted by molar-refractivity contribution is 5.32. The molecule has 1 aromatic heterocycles. The molecule has 0 bridgehead atoms. The van der Waals surface area contributed by atoms with Crippen molar-refractivity contribution in [3.63, 3.8) is 0 Å². The summed E-state index contributed by atoms with van der Waals surface area (Å²) >= 11 is 0. The van der Waals surface area contributed by atoms with Gasteiger partial charge in [0.05, 0.1) is 19.3 Å². The van der Waals surface area contributed by atoms with Crippen LogP contribution in [0.4, 0.5) is 0 Å². The summed E-state index contributed by atoms with van der Waals surface area (Å²) in [5, 5.41) is 10.2. The average Bonchev–Trinajstić information content (AvgIpc) is 2.78. The van der Waals surface area contributed by atoms with E-state index in [1.165, 1.54) is 17.0 Å². The molecular formula is C16H26N2O2. The van der Waals surface area contributed by atoms with Gasteiger partial charge in [-0.15, -0.1) is 0 Å². The molecule has 1 aliphatic heterocycles. The van der Waals surface area contributed by atoms with Gasteiger partial charge in [-0.3, -0.25) is 4.90 Å². The quantitative estimate of drug-likeness (QED) is 0.919. The first-order chi connectivity index (χ1) is 9.66. The molecule has 0 saturated carbocycles. The average molecular weight is 278 g/mol. The van der Waals surface area contributed by atoms with Crippen molar-refractivity contribution in [1.82, 2.24) is 9.47 Å². The topological polar surface area (TPSA) is 37.6 Å². The van der Waals surface area contributed by atoms with E-state index in [0.29, 0.717) is 6.04 Å². The van der Waals surface area contributed by atoms with Gasteiger partial charge in [-0.2, -0.15) is 0 Å². The van der Waals surface area contributed by atoms with Gasteiger partial charge in [-0.25, -0.2) is 0 Å². The molecule has 1 saturated heterocycles. The van der Waals surface area contributed by atoms with Crippen LogP contribution in [-0.2, 0) is 11.2 Å². The van der Waals surface area contributed by atoms with Crippen molar-refractivity contribution in [2.24, 2.45) is 0 Å². The molecule has 3 rings (SSSR count). The number of hydrogen-bond acceptors (Lipinski definition) is 3. The Morgan fingerprint density at radius 3 is 2.90 bits per heavy atom. The zero-order valence-corrected chi connectivity index (χ0v) is 12.6. The van der Waals surface area contributed by atoms with Gasteiger partial charge in [0, 0.05) is 42.6 Å². The van der Waals surface area contributed by atoms with Crippen molar-refractivity contribution in [3.8, 4) is 0 Å². The summed E-state index contributed by atoms with van der Waals surface area (Å²) in [6.45, 7) is 9.32. The Hall–Kier alpha value is -0.840. The van der Waals surface area contributed by atoms with E-state index in [9.17, 15) is 5.11 Å². The van der Waals surface area contributed by atoms with Crippen molar-refractivity contribution in [2.45, 2.75) is 45.3 Å². The van der Waals surface area contributed by atoms with Crippen LogP contribution in [0.3, 0.4) is 0 Å². The van der Waals surface area contributed by atoms with E-state index in [-0.39, 0.29) is 6.10 Å². The van der Waals surface area contributed by atoms with Crippen LogP contribution in [0.2, 0.25) is 0 Å². The number of rotatable bonds is 3. The van der Waals surface area contributed by atoms with Crippen molar-refractivity contribution in [3.05, 3.63) is 23.0 Å². The second-order valence-corrected chi connectivity index (χ2v) is 6.23. The standard InChI is InChI=1S/C16H26N2O2/c1-12-10-14-15(4-3-5-16(14)19)18(12)13(2)11-17-6-8-20-9-7-17/h10,13,16,19H,3-9,11H2,1-2H3. The molecule has 2 unspecified atom stereocenters. The molecule has 1 N–H and O–H groups in total. The number of aromatic nitrogens is 1. The van der Waals surface area contributed by atoms with Gasteiger partial charge in [0.2, 0.25) is 0 Å². The lowest BCUT2D eigenvalue weighted by molar-refractivity contribution is 0.0323. The number of aryl methyl sites for hydroxylation is 1. The summed E-state index contributed by atoms with van der Waals surface area (Å²) in [5.41, 5.74) is 3.82. The summed E-state index contributed by atoms with van der Waals surface area (Å²) in [6, 6.07) is 2.65. The number of morpholine rings is 1. The zero-order valence-electron chi connectivity index (χ0n) is 12.6. The molecule has 2 aliphatic rings. The van der Waals surface area contributed by atoms with E-state index < -0.39 is 0 Å².